The number of hydrogen-bond acceptors (Lipinski definition) is 6. The van der Waals surface area contributed by atoms with E-state index in [2.05, 4.69) is 10.2 Å². The van der Waals surface area contributed by atoms with Crippen LogP contribution in [0.1, 0.15) is 12.0 Å². The normalized spacial score (nSPS) is 25.4. The number of ether oxygens (including phenoxy) is 1. The van der Waals surface area contributed by atoms with Crippen LogP contribution >= 0.6 is 11.8 Å². The van der Waals surface area contributed by atoms with Gasteiger partial charge in [-0.2, -0.15) is 11.8 Å². The van der Waals surface area contributed by atoms with Gasteiger partial charge in [-0.25, -0.2) is 0 Å². The molecule has 2 aliphatic heterocycles. The van der Waals surface area contributed by atoms with Gasteiger partial charge in [0.15, 0.2) is 0 Å². The molecule has 1 atom stereocenters. The summed E-state index contributed by atoms with van der Waals surface area (Å²) in [6, 6.07) is 5.26. The van der Waals surface area contributed by atoms with Crippen molar-refractivity contribution in [2.24, 2.45) is 0 Å². The standard InChI is InChI=1S/C16H23N3O3S/c1-13-10-14(2-3-15(13)19(20)21)17-11-16(4-9-23-12-16)18-5-7-22-8-6-18/h2-3,10,17H,4-9,11-12H2,1H3. The van der Waals surface area contributed by atoms with E-state index in [1.54, 1.807) is 19.1 Å². The molecule has 0 spiro atoms. The summed E-state index contributed by atoms with van der Waals surface area (Å²) in [7, 11) is 0. The van der Waals surface area contributed by atoms with Crippen LogP contribution in [0.25, 0.3) is 0 Å². The Morgan fingerprint density at radius 1 is 1.43 bits per heavy atom. The van der Waals surface area contributed by atoms with E-state index in [9.17, 15) is 10.1 Å². The number of hydrogen-bond donors (Lipinski definition) is 1. The number of thioether (sulfide) groups is 1. The maximum Gasteiger partial charge on any atom is 0.272 e. The average molecular weight is 337 g/mol. The van der Waals surface area contributed by atoms with Crippen molar-refractivity contribution in [2.75, 3.05) is 49.7 Å². The Morgan fingerprint density at radius 2 is 2.22 bits per heavy atom. The van der Waals surface area contributed by atoms with Gasteiger partial charge in [0.1, 0.15) is 0 Å². The molecule has 2 saturated heterocycles. The highest BCUT2D eigenvalue weighted by molar-refractivity contribution is 7.99. The van der Waals surface area contributed by atoms with Crippen LogP contribution in [0.5, 0.6) is 0 Å². The summed E-state index contributed by atoms with van der Waals surface area (Å²) in [4.78, 5) is 13.1. The number of nitro benzene ring substituents is 1. The summed E-state index contributed by atoms with van der Waals surface area (Å²) in [5.74, 6) is 2.32. The molecule has 1 aromatic carbocycles. The highest BCUT2D eigenvalue weighted by atomic mass is 32.2. The highest BCUT2D eigenvalue weighted by Gasteiger charge is 2.40. The molecular weight excluding hydrogens is 314 g/mol. The van der Waals surface area contributed by atoms with Crippen LogP contribution in [0.15, 0.2) is 18.2 Å². The third kappa shape index (κ3) is 3.62. The van der Waals surface area contributed by atoms with Gasteiger partial charge in [0.2, 0.25) is 0 Å². The molecule has 1 N–H and O–H groups in total. The molecule has 6 nitrogen and oxygen atoms in total. The van der Waals surface area contributed by atoms with Crippen LogP contribution < -0.4 is 5.32 Å². The molecular formula is C16H23N3O3S. The van der Waals surface area contributed by atoms with Crippen LogP contribution in [0.3, 0.4) is 0 Å². The second kappa shape index (κ2) is 7.07. The van der Waals surface area contributed by atoms with Gasteiger partial charge >= 0.3 is 0 Å². The molecule has 0 aliphatic carbocycles. The SMILES string of the molecule is Cc1cc(NCC2(N3CCOCC3)CCSC2)ccc1[N+](=O)[O-]. The van der Waals surface area contributed by atoms with Crippen LogP contribution in [0.2, 0.25) is 0 Å². The fourth-order valence-corrected chi connectivity index (χ4v) is 4.85. The fraction of sp³-hybridized carbons (Fsp3) is 0.625. The molecule has 1 aromatic rings. The molecule has 0 saturated carbocycles. The topological polar surface area (TPSA) is 67.6 Å². The van der Waals surface area contributed by atoms with E-state index >= 15 is 0 Å². The second-order valence-corrected chi connectivity index (χ2v) is 7.34. The lowest BCUT2D eigenvalue weighted by Gasteiger charge is -2.43. The van der Waals surface area contributed by atoms with Crippen molar-refractivity contribution in [3.8, 4) is 0 Å². The zero-order valence-corrected chi connectivity index (χ0v) is 14.2. The van der Waals surface area contributed by atoms with Crippen molar-refractivity contribution in [1.29, 1.82) is 0 Å². The number of anilines is 1. The number of aryl methyl sites for hydroxylation is 1. The molecule has 0 bridgehead atoms. The van der Waals surface area contributed by atoms with E-state index < -0.39 is 0 Å². The number of benzene rings is 1. The van der Waals surface area contributed by atoms with E-state index in [1.807, 2.05) is 17.8 Å². The number of morpholine rings is 1. The first-order chi connectivity index (χ1) is 11.1. The molecule has 0 radical (unpaired) electrons. The van der Waals surface area contributed by atoms with Gasteiger partial charge in [0.25, 0.3) is 5.69 Å². The van der Waals surface area contributed by atoms with Crippen LogP contribution in [0.4, 0.5) is 11.4 Å². The van der Waals surface area contributed by atoms with Crippen molar-refractivity contribution in [2.45, 2.75) is 18.9 Å². The second-order valence-electron chi connectivity index (χ2n) is 6.24. The quantitative estimate of drug-likeness (QED) is 0.658. The summed E-state index contributed by atoms with van der Waals surface area (Å²) in [6.45, 7) is 6.25. The predicted octanol–water partition coefficient (Wildman–Crippen LogP) is 2.52. The van der Waals surface area contributed by atoms with Gasteiger partial charge in [0.05, 0.1) is 18.1 Å². The summed E-state index contributed by atoms with van der Waals surface area (Å²) in [5.41, 5.74) is 2.00. The molecule has 0 aromatic heterocycles. The Balaban J connectivity index is 1.69. The minimum absolute atomic E-state index is 0.171. The Labute approximate surface area is 140 Å². The van der Waals surface area contributed by atoms with Gasteiger partial charge in [-0.3, -0.25) is 15.0 Å². The van der Waals surface area contributed by atoms with Gasteiger partial charge in [0, 0.05) is 48.2 Å². The molecule has 0 amide bonds. The minimum Gasteiger partial charge on any atom is -0.383 e. The Kier molecular flexibility index (Phi) is 5.08. The minimum atomic E-state index is -0.331. The van der Waals surface area contributed by atoms with Gasteiger partial charge in [-0.05, 0) is 31.2 Å². The molecule has 126 valence electrons. The van der Waals surface area contributed by atoms with Gasteiger partial charge in [-0.1, -0.05) is 0 Å². The maximum absolute atomic E-state index is 10.9. The first-order valence-electron chi connectivity index (χ1n) is 8.00. The first-order valence-corrected chi connectivity index (χ1v) is 9.16. The molecule has 2 aliphatic rings. The van der Waals surface area contributed by atoms with Crippen molar-refractivity contribution >= 4 is 23.1 Å². The molecule has 2 fully saturated rings. The van der Waals surface area contributed by atoms with Crippen LogP contribution in [-0.2, 0) is 4.74 Å². The van der Waals surface area contributed by atoms with Crippen molar-refractivity contribution in [3.05, 3.63) is 33.9 Å². The number of nitro groups is 1. The lowest BCUT2D eigenvalue weighted by molar-refractivity contribution is -0.385. The Bertz CT molecular complexity index is 570. The number of rotatable bonds is 5. The third-order valence-electron chi connectivity index (χ3n) is 4.78. The number of nitrogens with zero attached hydrogens (tertiary/aromatic N) is 2. The molecule has 2 heterocycles. The summed E-state index contributed by atoms with van der Waals surface area (Å²) in [6.07, 6.45) is 1.18. The fourth-order valence-electron chi connectivity index (χ4n) is 3.37. The van der Waals surface area contributed by atoms with Crippen LogP contribution in [-0.4, -0.2) is 59.7 Å². The molecule has 23 heavy (non-hydrogen) atoms. The van der Waals surface area contributed by atoms with Crippen molar-refractivity contribution in [3.63, 3.8) is 0 Å². The summed E-state index contributed by atoms with van der Waals surface area (Å²) >= 11 is 2.01. The monoisotopic (exact) mass is 337 g/mol. The molecule has 1 unspecified atom stereocenters. The average Bonchev–Trinajstić information content (AvgIpc) is 3.04. The van der Waals surface area contributed by atoms with Crippen molar-refractivity contribution < 1.29 is 9.66 Å². The van der Waals surface area contributed by atoms with E-state index in [0.717, 1.165) is 44.3 Å². The van der Waals surface area contributed by atoms with E-state index in [4.69, 9.17) is 4.74 Å². The predicted molar refractivity (Wildman–Crippen MR) is 93.4 cm³/mol. The third-order valence-corrected chi connectivity index (χ3v) is 6.01. The zero-order valence-electron chi connectivity index (χ0n) is 13.4. The van der Waals surface area contributed by atoms with E-state index in [-0.39, 0.29) is 16.1 Å². The smallest absolute Gasteiger partial charge is 0.272 e. The van der Waals surface area contributed by atoms with Gasteiger partial charge < -0.3 is 10.1 Å². The summed E-state index contributed by atoms with van der Waals surface area (Å²) in [5, 5.41) is 14.4. The van der Waals surface area contributed by atoms with E-state index in [1.165, 1.54) is 12.2 Å². The Hall–Kier alpha value is -1.31. The number of nitrogens with one attached hydrogen (secondary N) is 1. The Morgan fingerprint density at radius 3 is 2.83 bits per heavy atom. The molecule has 3 rings (SSSR count). The first kappa shape index (κ1) is 16.5. The molecule has 7 heteroatoms. The van der Waals surface area contributed by atoms with Crippen molar-refractivity contribution in [1.82, 2.24) is 4.90 Å². The van der Waals surface area contributed by atoms with Crippen LogP contribution in [0, 0.1) is 17.0 Å². The summed E-state index contributed by atoms with van der Waals surface area (Å²) < 4.78 is 5.49. The maximum atomic E-state index is 10.9. The largest absolute Gasteiger partial charge is 0.383 e. The highest BCUT2D eigenvalue weighted by Crippen LogP contribution is 2.34. The van der Waals surface area contributed by atoms with E-state index in [0.29, 0.717) is 5.56 Å². The lowest BCUT2D eigenvalue weighted by Crippen LogP contribution is -2.57. The zero-order chi connectivity index (χ0) is 16.3. The van der Waals surface area contributed by atoms with Gasteiger partial charge in [-0.15, -0.1) is 0 Å². The lowest BCUT2D eigenvalue weighted by atomic mass is 9.95.